The number of amides is 1. The van der Waals surface area contributed by atoms with Crippen LogP contribution >= 0.6 is 24.8 Å². The molecule has 3 rings (SSSR count). The van der Waals surface area contributed by atoms with E-state index in [2.05, 4.69) is 21.8 Å². The number of likely N-dealkylation sites (N-methyl/N-ethyl adjacent to an activating group) is 1. The van der Waals surface area contributed by atoms with Gasteiger partial charge in [-0.25, -0.2) is 5.48 Å². The molecular formula is C22H26Cl2N4O3. The molecule has 2 heterocycles. The van der Waals surface area contributed by atoms with Crippen LogP contribution in [-0.2, 0) is 4.79 Å². The Morgan fingerprint density at radius 3 is 2.42 bits per heavy atom. The lowest BCUT2D eigenvalue weighted by atomic mass is 10.1. The summed E-state index contributed by atoms with van der Waals surface area (Å²) in [7, 11) is 2.12. The van der Waals surface area contributed by atoms with E-state index >= 15 is 0 Å². The first kappa shape index (κ1) is 26.3. The number of nitrogens with one attached hydrogen (secondary N) is 1. The molecule has 1 aromatic carbocycles. The molecule has 7 nitrogen and oxygen atoms in total. The molecule has 166 valence electrons. The molecule has 1 aliphatic heterocycles. The zero-order valence-corrected chi connectivity index (χ0v) is 18.7. The van der Waals surface area contributed by atoms with Gasteiger partial charge in [0.1, 0.15) is 0 Å². The topological polar surface area (TPSA) is 85.8 Å². The maximum atomic E-state index is 12.6. The van der Waals surface area contributed by atoms with Gasteiger partial charge >= 0.3 is 0 Å². The number of ketones is 1. The predicted molar refractivity (Wildman–Crippen MR) is 127 cm³/mol. The summed E-state index contributed by atoms with van der Waals surface area (Å²) in [4.78, 5) is 32.3. The number of nitrogens with zero attached hydrogens (tertiary/aromatic N) is 3. The zero-order chi connectivity index (χ0) is 20.6. The maximum absolute atomic E-state index is 12.6. The minimum Gasteiger partial charge on any atom is -0.369 e. The number of halogens is 2. The third-order valence-corrected chi connectivity index (χ3v) is 4.75. The van der Waals surface area contributed by atoms with Crippen LogP contribution in [0.4, 0.5) is 5.69 Å². The molecule has 1 fully saturated rings. The molecule has 31 heavy (non-hydrogen) atoms. The summed E-state index contributed by atoms with van der Waals surface area (Å²) in [6.45, 7) is 3.94. The summed E-state index contributed by atoms with van der Waals surface area (Å²) in [6, 6.07) is 11.2. The summed E-state index contributed by atoms with van der Waals surface area (Å²) in [5.74, 6) is -0.690. The highest BCUT2D eigenvalue weighted by molar-refractivity contribution is 6.07. The van der Waals surface area contributed by atoms with Crippen LogP contribution in [0.3, 0.4) is 0 Å². The fourth-order valence-electron chi connectivity index (χ4n) is 3.00. The Morgan fingerprint density at radius 1 is 1.03 bits per heavy atom. The molecule has 1 aliphatic rings. The van der Waals surface area contributed by atoms with Crippen molar-refractivity contribution in [1.82, 2.24) is 15.4 Å². The van der Waals surface area contributed by atoms with E-state index in [1.165, 1.54) is 23.7 Å². The lowest BCUT2D eigenvalue weighted by Gasteiger charge is -2.34. The quantitative estimate of drug-likeness (QED) is 0.295. The van der Waals surface area contributed by atoms with Gasteiger partial charge in [0.25, 0.3) is 5.91 Å². The predicted octanol–water partition coefficient (Wildman–Crippen LogP) is 3.09. The molecule has 1 saturated heterocycles. The van der Waals surface area contributed by atoms with Gasteiger partial charge in [-0.15, -0.1) is 24.8 Å². The van der Waals surface area contributed by atoms with E-state index < -0.39 is 5.91 Å². The SMILES string of the molecule is CN1CCN(c2cccc(C(=O)/C=C/c3ccc(/C=C/C(=O)NO)nc3)c2)CC1.Cl.Cl. The van der Waals surface area contributed by atoms with Crippen molar-refractivity contribution in [1.29, 1.82) is 0 Å². The molecule has 0 radical (unpaired) electrons. The number of hydroxylamine groups is 1. The lowest BCUT2D eigenvalue weighted by molar-refractivity contribution is -0.124. The number of anilines is 1. The van der Waals surface area contributed by atoms with Gasteiger partial charge in [-0.2, -0.15) is 0 Å². The number of piperazine rings is 1. The van der Waals surface area contributed by atoms with Crippen molar-refractivity contribution in [2.24, 2.45) is 0 Å². The Labute approximate surface area is 194 Å². The van der Waals surface area contributed by atoms with E-state index in [9.17, 15) is 9.59 Å². The van der Waals surface area contributed by atoms with Crippen LogP contribution in [0.5, 0.6) is 0 Å². The monoisotopic (exact) mass is 464 g/mol. The van der Waals surface area contributed by atoms with E-state index in [0.29, 0.717) is 11.3 Å². The summed E-state index contributed by atoms with van der Waals surface area (Å²) in [5, 5.41) is 8.46. The highest BCUT2D eigenvalue weighted by atomic mass is 35.5. The Hall–Kier alpha value is -2.71. The van der Waals surface area contributed by atoms with Gasteiger partial charge in [0.15, 0.2) is 5.78 Å². The first-order valence-electron chi connectivity index (χ1n) is 9.39. The van der Waals surface area contributed by atoms with Crippen molar-refractivity contribution >= 4 is 54.3 Å². The van der Waals surface area contributed by atoms with Gasteiger partial charge in [0, 0.05) is 49.7 Å². The van der Waals surface area contributed by atoms with Crippen molar-refractivity contribution in [3.63, 3.8) is 0 Å². The molecule has 0 unspecified atom stereocenters. The molecule has 2 aromatic rings. The summed E-state index contributed by atoms with van der Waals surface area (Å²) < 4.78 is 0. The van der Waals surface area contributed by atoms with Crippen molar-refractivity contribution in [2.75, 3.05) is 38.1 Å². The van der Waals surface area contributed by atoms with Gasteiger partial charge in [-0.05, 0) is 49.0 Å². The van der Waals surface area contributed by atoms with E-state index in [4.69, 9.17) is 5.21 Å². The first-order valence-corrected chi connectivity index (χ1v) is 9.39. The number of aromatic nitrogens is 1. The fourth-order valence-corrected chi connectivity index (χ4v) is 3.00. The summed E-state index contributed by atoms with van der Waals surface area (Å²) >= 11 is 0. The number of pyridine rings is 1. The molecule has 9 heteroatoms. The lowest BCUT2D eigenvalue weighted by Crippen LogP contribution is -2.44. The number of hydrogen-bond acceptors (Lipinski definition) is 6. The van der Waals surface area contributed by atoms with Crippen molar-refractivity contribution in [3.8, 4) is 0 Å². The van der Waals surface area contributed by atoms with Crippen molar-refractivity contribution in [3.05, 3.63) is 71.6 Å². The second-order valence-corrected chi connectivity index (χ2v) is 6.86. The average molecular weight is 465 g/mol. The molecule has 1 amide bonds. The van der Waals surface area contributed by atoms with Gasteiger partial charge in [0.05, 0.1) is 5.69 Å². The maximum Gasteiger partial charge on any atom is 0.267 e. The third-order valence-electron chi connectivity index (χ3n) is 4.75. The molecule has 0 aliphatic carbocycles. The molecular weight excluding hydrogens is 439 g/mol. The minimum atomic E-state index is -0.625. The van der Waals surface area contributed by atoms with E-state index in [0.717, 1.165) is 37.4 Å². The molecule has 0 atom stereocenters. The molecule has 0 saturated carbocycles. The number of carbonyl (C=O) groups excluding carboxylic acids is 2. The largest absolute Gasteiger partial charge is 0.369 e. The van der Waals surface area contributed by atoms with E-state index in [1.807, 2.05) is 24.3 Å². The fraction of sp³-hybridized carbons (Fsp3) is 0.227. The van der Waals surface area contributed by atoms with Gasteiger partial charge < -0.3 is 9.80 Å². The Morgan fingerprint density at radius 2 is 1.77 bits per heavy atom. The van der Waals surface area contributed by atoms with Gasteiger partial charge in [-0.1, -0.05) is 18.2 Å². The van der Waals surface area contributed by atoms with E-state index in [-0.39, 0.29) is 30.6 Å². The number of rotatable bonds is 6. The van der Waals surface area contributed by atoms with E-state index in [1.54, 1.807) is 24.4 Å². The number of carbonyl (C=O) groups is 2. The Kier molecular flexibility index (Phi) is 10.9. The second-order valence-electron chi connectivity index (χ2n) is 6.86. The van der Waals surface area contributed by atoms with Gasteiger partial charge in [0.2, 0.25) is 0 Å². The van der Waals surface area contributed by atoms with Crippen molar-refractivity contribution < 1.29 is 14.8 Å². The van der Waals surface area contributed by atoms with Gasteiger partial charge in [-0.3, -0.25) is 19.8 Å². The summed E-state index contributed by atoms with van der Waals surface area (Å²) in [6.07, 6.45) is 7.52. The Bertz CT molecular complexity index is 925. The number of hydrogen-bond donors (Lipinski definition) is 2. The third kappa shape index (κ3) is 7.80. The molecule has 0 spiro atoms. The highest BCUT2D eigenvalue weighted by Crippen LogP contribution is 2.18. The van der Waals surface area contributed by atoms with Crippen LogP contribution in [0, 0.1) is 0 Å². The molecule has 0 bridgehead atoms. The smallest absolute Gasteiger partial charge is 0.267 e. The Balaban J connectivity index is 0.00000240. The standard InChI is InChI=1S/C22H24N4O3.2ClH/c1-25-11-13-26(14-12-25)20-4-2-3-18(15-20)21(27)9-6-17-5-7-19(23-16-17)8-10-22(28)24-29;;/h2-10,15-16,29H,11-14H2,1H3,(H,24,28);2*1H/b9-6+,10-8+;;. The second kappa shape index (κ2) is 12.9. The van der Waals surface area contributed by atoms with Crippen LogP contribution in [0.2, 0.25) is 0 Å². The number of benzene rings is 1. The van der Waals surface area contributed by atoms with Crippen molar-refractivity contribution in [2.45, 2.75) is 0 Å². The minimum absolute atomic E-state index is 0. The van der Waals surface area contributed by atoms with Crippen LogP contribution in [0.1, 0.15) is 21.6 Å². The average Bonchev–Trinajstić information content (AvgIpc) is 2.77. The zero-order valence-electron chi connectivity index (χ0n) is 17.1. The highest BCUT2D eigenvalue weighted by Gasteiger charge is 2.15. The van der Waals surface area contributed by atoms with Crippen LogP contribution < -0.4 is 10.4 Å². The molecule has 2 N–H and O–H groups in total. The van der Waals surface area contributed by atoms with Crippen LogP contribution in [-0.4, -0.2) is 60.0 Å². The molecule has 1 aromatic heterocycles. The van der Waals surface area contributed by atoms with Crippen LogP contribution in [0.15, 0.2) is 54.7 Å². The normalized spacial score (nSPS) is 14.2. The summed E-state index contributed by atoms with van der Waals surface area (Å²) in [5.41, 5.74) is 4.58. The first-order chi connectivity index (χ1) is 14.0. The van der Waals surface area contributed by atoms with Crippen LogP contribution in [0.25, 0.3) is 12.2 Å². The number of allylic oxidation sites excluding steroid dienone is 1.